The summed E-state index contributed by atoms with van der Waals surface area (Å²) in [4.78, 5) is 134. The van der Waals surface area contributed by atoms with Crippen LogP contribution in [0.1, 0.15) is 161 Å². The van der Waals surface area contributed by atoms with Crippen molar-refractivity contribution in [2.24, 2.45) is 33.7 Å². The van der Waals surface area contributed by atoms with Gasteiger partial charge in [0.05, 0.1) is 18.2 Å². The van der Waals surface area contributed by atoms with Crippen LogP contribution < -0.4 is 47.9 Å². The number of aliphatic carboxylic acids is 1. The number of esters is 1. The number of allylic oxidation sites excluding steroid dienone is 1. The zero-order valence-electron chi connectivity index (χ0n) is 61.2. The average molecular weight is 1410 g/mol. The lowest BCUT2D eigenvalue weighted by Crippen LogP contribution is -2.54. The number of ketones is 3. The van der Waals surface area contributed by atoms with E-state index in [1.807, 2.05) is 54.6 Å². The number of halogens is 1. The van der Waals surface area contributed by atoms with E-state index < -0.39 is 70.9 Å². The highest BCUT2D eigenvalue weighted by Crippen LogP contribution is 2.44. The summed E-state index contributed by atoms with van der Waals surface area (Å²) in [6.07, 6.45) is 9.26. The van der Waals surface area contributed by atoms with Crippen molar-refractivity contribution >= 4 is 82.5 Å². The number of carboxylic acids is 1. The van der Waals surface area contributed by atoms with Crippen molar-refractivity contribution in [3.05, 3.63) is 134 Å². The molecule has 3 aromatic rings. The Bertz CT molecular complexity index is 3170. The molecule has 25 heteroatoms. The number of Topliss-reactive ketones (excluding diaryl/α,β-unsaturated/α-hetero) is 3. The molecule has 10 N–H and O–H groups in total. The second kappa shape index (κ2) is 47.7. The predicted molar refractivity (Wildman–Crippen MR) is 396 cm³/mol. The molecule has 0 aromatic heterocycles. The van der Waals surface area contributed by atoms with Gasteiger partial charge in [0.1, 0.15) is 24.7 Å². The van der Waals surface area contributed by atoms with E-state index in [-0.39, 0.29) is 85.6 Å². The number of guanidine groups is 2. The summed E-state index contributed by atoms with van der Waals surface area (Å²) >= 11 is 4.64. The topological polar surface area (TPSA) is 342 Å². The number of carbonyl (C=O) groups excluding carboxylic acids is 9. The van der Waals surface area contributed by atoms with E-state index in [0.717, 1.165) is 16.7 Å². The molecule has 0 radical (unpaired) electrons. The van der Waals surface area contributed by atoms with Crippen LogP contribution in [0, 0.1) is 23.7 Å². The number of nitrogens with one attached hydrogen (secondary N) is 9. The molecule has 4 rings (SSSR count). The van der Waals surface area contributed by atoms with Crippen LogP contribution in [0.15, 0.2) is 127 Å². The van der Waals surface area contributed by atoms with Crippen molar-refractivity contribution in [1.29, 1.82) is 0 Å². The van der Waals surface area contributed by atoms with Gasteiger partial charge in [-0.2, -0.15) is 0 Å². The molecule has 0 saturated heterocycles. The molecule has 7 atom stereocenters. The minimum absolute atomic E-state index is 0.0233. The minimum atomic E-state index is -1.20. The third-order valence-electron chi connectivity index (χ3n) is 16.6. The van der Waals surface area contributed by atoms with Crippen LogP contribution in [-0.4, -0.2) is 161 Å². The first-order valence-corrected chi connectivity index (χ1v) is 34.7. The summed E-state index contributed by atoms with van der Waals surface area (Å²) < 4.78 is 10.4. The molecule has 0 fully saturated rings. The standard InChI is InChI=1S/C27H25NO3.C24H43N5O5.C23H41N5O5.CH3Cl/c1-2-3-17-25(29)26(19-11-5-4-6-12-19)28-27(30)31-18-24-22-15-9-7-13-20(22)21-14-8-10-16-23(21)24;1-9-13-24(5,29-20(31)16(3)4)19(30)15-17(12-11-14-27-23(25-6)26-7)21(32)28-18(10-2)22(33)34-8;1-8-12-23(5,28-19(30)15(3)4)18(29)14-16(11-10-13-26-22(24-6)25-7)20(31)27-17(9-2)21(32)33;1-2/h2,4-16,24,26H,1,3,17-18H2,(H,28,30);9,16-18H,1,10-15H2,2-8H3,(H,28,32)(H,29,31)(H2,25,26,27);8,15-17H,1,9-14H2,2-7H3,(H,27,31)(H,28,30)(H,32,33)(H2,24,25,26);1H3/t26-;17-,18+,24-;16-,17+,23-;/m111./s1. The number of hydrogen-bond acceptors (Lipinski definition) is 14. The Kier molecular flexibility index (Phi) is 42.4. The van der Waals surface area contributed by atoms with Crippen LogP contribution in [-0.2, 0) is 52.6 Å². The number of hydrogen-bond donors (Lipinski definition) is 10. The van der Waals surface area contributed by atoms with Gasteiger partial charge in [-0.25, -0.2) is 14.4 Å². The van der Waals surface area contributed by atoms with Crippen LogP contribution >= 0.6 is 11.6 Å². The van der Waals surface area contributed by atoms with E-state index in [0.29, 0.717) is 70.0 Å². The normalized spacial score (nSPS) is 14.1. The average Bonchev–Trinajstić information content (AvgIpc) is 1.61. The van der Waals surface area contributed by atoms with E-state index in [1.54, 1.807) is 102 Å². The third-order valence-corrected chi connectivity index (χ3v) is 16.6. The lowest BCUT2D eigenvalue weighted by Gasteiger charge is -2.31. The summed E-state index contributed by atoms with van der Waals surface area (Å²) in [7, 11) is 8.02. The second-order valence-electron chi connectivity index (χ2n) is 24.8. The van der Waals surface area contributed by atoms with E-state index in [1.165, 1.54) is 24.6 Å². The van der Waals surface area contributed by atoms with Crippen LogP contribution in [0.25, 0.3) is 11.1 Å². The Morgan fingerprint density at radius 3 is 1.40 bits per heavy atom. The molecule has 0 heterocycles. The zero-order valence-corrected chi connectivity index (χ0v) is 62.0. The summed E-state index contributed by atoms with van der Waals surface area (Å²) in [5.74, 6) is -4.59. The highest BCUT2D eigenvalue weighted by Gasteiger charge is 2.39. The van der Waals surface area contributed by atoms with Crippen LogP contribution in [0.2, 0.25) is 0 Å². The van der Waals surface area contributed by atoms with Crippen LogP contribution in [0.4, 0.5) is 4.79 Å². The van der Waals surface area contributed by atoms with E-state index in [4.69, 9.17) is 9.47 Å². The Labute approximate surface area is 597 Å². The molecule has 0 bridgehead atoms. The summed E-state index contributed by atoms with van der Waals surface area (Å²) in [5.41, 5.74) is 3.01. The Balaban J connectivity index is 0.000000740. The van der Waals surface area contributed by atoms with E-state index in [9.17, 15) is 53.1 Å². The number of nitrogens with zero attached hydrogens (tertiary/aromatic N) is 2. The Morgan fingerprint density at radius 1 is 0.610 bits per heavy atom. The number of ether oxygens (including phenoxy) is 2. The lowest BCUT2D eigenvalue weighted by molar-refractivity contribution is -0.146. The molecular formula is C75H112ClN11O13. The maximum absolute atomic E-state index is 13.3. The second-order valence-corrected chi connectivity index (χ2v) is 24.8. The summed E-state index contributed by atoms with van der Waals surface area (Å²) in [5, 5.41) is 34.9. The molecule has 24 nitrogen and oxygen atoms in total. The first kappa shape index (κ1) is 88.8. The van der Waals surface area contributed by atoms with Gasteiger partial charge in [0.15, 0.2) is 29.3 Å². The number of methoxy groups -OCH3 is 1. The molecule has 100 heavy (non-hydrogen) atoms. The number of carbonyl (C=O) groups is 10. The van der Waals surface area contributed by atoms with Crippen molar-refractivity contribution in [1.82, 2.24) is 47.9 Å². The minimum Gasteiger partial charge on any atom is -0.480 e. The molecule has 0 saturated carbocycles. The van der Waals surface area contributed by atoms with E-state index >= 15 is 0 Å². The molecule has 1 aliphatic rings. The Morgan fingerprint density at radius 2 is 1.03 bits per heavy atom. The first-order chi connectivity index (χ1) is 47.6. The van der Waals surface area contributed by atoms with Crippen LogP contribution in [0.5, 0.6) is 0 Å². The zero-order chi connectivity index (χ0) is 75.5. The van der Waals surface area contributed by atoms with Gasteiger partial charge in [-0.05, 0) is 99.5 Å². The highest BCUT2D eigenvalue weighted by molar-refractivity contribution is 6.15. The fraction of sp³-hybridized carbons (Fsp3) is 0.520. The summed E-state index contributed by atoms with van der Waals surface area (Å²) in [6.45, 7) is 26.0. The molecule has 0 aliphatic heterocycles. The quantitative estimate of drug-likeness (QED) is 0.00638. The van der Waals surface area contributed by atoms with Crippen molar-refractivity contribution in [3.8, 4) is 11.1 Å². The fourth-order valence-corrected chi connectivity index (χ4v) is 10.6. The van der Waals surface area contributed by atoms with Gasteiger partial charge in [0.25, 0.3) is 0 Å². The molecular weight excluding hydrogens is 1300 g/mol. The largest absolute Gasteiger partial charge is 0.480 e. The number of benzene rings is 3. The lowest BCUT2D eigenvalue weighted by atomic mass is 9.84. The monoisotopic (exact) mass is 1410 g/mol. The maximum Gasteiger partial charge on any atom is 0.408 e. The number of alkyl carbamates (subject to hydrolysis) is 1. The van der Waals surface area contributed by atoms with Gasteiger partial charge in [0.2, 0.25) is 23.6 Å². The van der Waals surface area contributed by atoms with Gasteiger partial charge < -0.3 is 62.4 Å². The number of amides is 5. The number of aliphatic imine (C=N–C) groups is 2. The highest BCUT2D eigenvalue weighted by atomic mass is 35.5. The van der Waals surface area contributed by atoms with Gasteiger partial charge in [0, 0.05) is 96.5 Å². The van der Waals surface area contributed by atoms with Crippen molar-refractivity contribution in [3.63, 3.8) is 0 Å². The number of carboxylic acid groups (broad SMARTS) is 1. The smallest absolute Gasteiger partial charge is 0.408 e. The maximum atomic E-state index is 13.3. The molecule has 1 aliphatic carbocycles. The molecule has 5 amide bonds. The molecule has 0 unspecified atom stereocenters. The molecule has 552 valence electrons. The molecule has 3 aromatic carbocycles. The summed E-state index contributed by atoms with van der Waals surface area (Å²) in [6, 6.07) is 23.1. The SMILES string of the molecule is C=CCCC(=O)[C@H](NC(=O)OCC1c2ccccc2-c2ccccc21)c1ccccc1.C=CC[C@@](C)(NC(=O)C(C)C)C(=O)C[C@@H](CCCNC(=NC)NC)C(=O)N[C@@H](CC)C(=O)O.C=CC[C@@](C)(NC(=O)C(C)C)C(=O)C[C@@H](CCCNC(=NC)NC)C(=O)N[C@@H](CC)C(=O)OC.CCl. The van der Waals surface area contributed by atoms with Crippen molar-refractivity contribution in [2.75, 3.05) is 61.4 Å². The van der Waals surface area contributed by atoms with Gasteiger partial charge >= 0.3 is 18.0 Å². The van der Waals surface area contributed by atoms with Crippen molar-refractivity contribution < 1.29 is 62.5 Å². The molecule has 0 spiro atoms. The number of fused-ring (bicyclic) bond motifs is 3. The van der Waals surface area contributed by atoms with Gasteiger partial charge in [-0.15, -0.1) is 31.3 Å². The fourth-order valence-electron chi connectivity index (χ4n) is 10.6. The first-order valence-electron chi connectivity index (χ1n) is 33.9. The third kappa shape index (κ3) is 29.7. The van der Waals surface area contributed by atoms with Crippen molar-refractivity contribution in [2.45, 2.75) is 168 Å². The van der Waals surface area contributed by atoms with Crippen LogP contribution in [0.3, 0.4) is 0 Å². The Hall–Kier alpha value is -9.19. The number of alkyl halides is 1. The predicted octanol–water partition coefficient (Wildman–Crippen LogP) is 9.19. The van der Waals surface area contributed by atoms with Gasteiger partial charge in [-0.3, -0.25) is 43.5 Å². The van der Waals surface area contributed by atoms with E-state index in [2.05, 4.69) is 113 Å². The number of rotatable bonds is 38. The van der Waals surface area contributed by atoms with Gasteiger partial charge in [-0.1, -0.05) is 139 Å².